The van der Waals surface area contributed by atoms with E-state index < -0.39 is 11.6 Å². The first-order chi connectivity index (χ1) is 7.58. The van der Waals surface area contributed by atoms with Crippen LogP contribution in [0.2, 0.25) is 0 Å². The van der Waals surface area contributed by atoms with Gasteiger partial charge in [-0.3, -0.25) is 4.79 Å². The maximum atomic E-state index is 12.8. The second-order valence-electron chi connectivity index (χ2n) is 3.05. The van der Waals surface area contributed by atoms with Crippen LogP contribution in [0.3, 0.4) is 0 Å². The lowest BCUT2D eigenvalue weighted by molar-refractivity contribution is -0.109. The van der Waals surface area contributed by atoms with Gasteiger partial charge in [-0.2, -0.15) is 0 Å². The van der Waals surface area contributed by atoms with Gasteiger partial charge in [0.2, 0.25) is 0 Å². The van der Waals surface area contributed by atoms with Crippen molar-refractivity contribution < 1.29 is 13.6 Å². The number of hydrogen-bond acceptors (Lipinski definition) is 2. The van der Waals surface area contributed by atoms with Crippen molar-refractivity contribution in [3.8, 4) is 11.8 Å². The zero-order chi connectivity index (χ0) is 12.0. The van der Waals surface area contributed by atoms with Gasteiger partial charge in [0.05, 0.1) is 0 Å². The number of benzene rings is 1. The minimum absolute atomic E-state index is 0.0404. The molecular weight excluding hydrogens is 230 g/mol. The molecule has 0 fully saturated rings. The number of carbonyl (C=O) groups is 1. The fourth-order valence-electron chi connectivity index (χ4n) is 1.04. The summed E-state index contributed by atoms with van der Waals surface area (Å²) in [4.78, 5) is 10.6. The van der Waals surface area contributed by atoms with Crippen molar-refractivity contribution in [3.05, 3.63) is 35.4 Å². The molecule has 0 aliphatic carbocycles. The van der Waals surface area contributed by atoms with Crippen LogP contribution in [-0.2, 0) is 4.79 Å². The molecule has 0 aliphatic heterocycles. The maximum absolute atomic E-state index is 12.8. The molecule has 0 spiro atoms. The van der Waals surface area contributed by atoms with E-state index in [-0.39, 0.29) is 5.12 Å². The van der Waals surface area contributed by atoms with Gasteiger partial charge in [-0.05, 0) is 12.1 Å². The molecule has 0 aliphatic rings. The van der Waals surface area contributed by atoms with Gasteiger partial charge in [-0.25, -0.2) is 8.78 Å². The van der Waals surface area contributed by atoms with E-state index in [2.05, 4.69) is 11.8 Å². The van der Waals surface area contributed by atoms with E-state index >= 15 is 0 Å². The van der Waals surface area contributed by atoms with Gasteiger partial charge >= 0.3 is 0 Å². The molecule has 0 N–H and O–H groups in total. The Morgan fingerprint density at radius 3 is 2.50 bits per heavy atom. The highest BCUT2D eigenvalue weighted by Gasteiger charge is 1.97. The fraction of sp³-hybridized carbons (Fsp3) is 0.250. The van der Waals surface area contributed by atoms with Crippen molar-refractivity contribution in [2.75, 3.05) is 5.75 Å². The van der Waals surface area contributed by atoms with Gasteiger partial charge < -0.3 is 0 Å². The van der Waals surface area contributed by atoms with E-state index in [4.69, 9.17) is 0 Å². The number of rotatable bonds is 2. The lowest BCUT2D eigenvalue weighted by Gasteiger charge is -1.92. The minimum Gasteiger partial charge on any atom is -0.288 e. The van der Waals surface area contributed by atoms with Crippen molar-refractivity contribution in [2.45, 2.75) is 13.3 Å². The normalized spacial score (nSPS) is 9.44. The van der Waals surface area contributed by atoms with Crippen LogP contribution < -0.4 is 0 Å². The Labute approximate surface area is 97.2 Å². The van der Waals surface area contributed by atoms with Crippen molar-refractivity contribution in [3.63, 3.8) is 0 Å². The second-order valence-corrected chi connectivity index (χ2v) is 4.32. The molecule has 0 aromatic heterocycles. The average molecular weight is 240 g/mol. The first-order valence-electron chi connectivity index (χ1n) is 4.66. The van der Waals surface area contributed by atoms with Crippen molar-refractivity contribution >= 4 is 16.9 Å². The third-order valence-corrected chi connectivity index (χ3v) is 2.44. The number of thioether (sulfide) groups is 1. The summed E-state index contributed by atoms with van der Waals surface area (Å²) in [7, 11) is 0. The Balaban J connectivity index is 2.53. The first kappa shape index (κ1) is 12.7. The topological polar surface area (TPSA) is 17.1 Å². The smallest absolute Gasteiger partial charge is 0.185 e. The SMILES string of the molecule is CC(=O)SCCC#Cc1cc(F)cc(F)c1. The number of halogens is 2. The lowest BCUT2D eigenvalue weighted by Crippen LogP contribution is -1.85. The Hall–Kier alpha value is -1.34. The van der Waals surface area contributed by atoms with E-state index in [1.54, 1.807) is 0 Å². The Bertz CT molecular complexity index is 426. The van der Waals surface area contributed by atoms with E-state index in [0.29, 0.717) is 17.7 Å². The summed E-state index contributed by atoms with van der Waals surface area (Å²) >= 11 is 1.18. The van der Waals surface area contributed by atoms with Gasteiger partial charge in [-0.1, -0.05) is 23.6 Å². The van der Waals surface area contributed by atoms with Crippen LogP contribution >= 0.6 is 11.8 Å². The predicted molar refractivity (Wildman–Crippen MR) is 61.0 cm³/mol. The summed E-state index contributed by atoms with van der Waals surface area (Å²) < 4.78 is 25.5. The zero-order valence-electron chi connectivity index (χ0n) is 8.72. The van der Waals surface area contributed by atoms with Gasteiger partial charge in [0.15, 0.2) is 5.12 Å². The molecule has 0 bridgehead atoms. The Morgan fingerprint density at radius 2 is 1.94 bits per heavy atom. The third kappa shape index (κ3) is 4.94. The van der Waals surface area contributed by atoms with Crippen LogP contribution in [0.25, 0.3) is 0 Å². The van der Waals surface area contributed by atoms with Gasteiger partial charge in [0, 0.05) is 30.7 Å². The summed E-state index contributed by atoms with van der Waals surface area (Å²) in [5, 5.41) is 0.0404. The standard InChI is InChI=1S/C12H10F2OS/c1-9(15)16-5-3-2-4-10-6-11(13)8-12(14)7-10/h6-8H,3,5H2,1H3. The summed E-state index contributed by atoms with van der Waals surface area (Å²) in [5.41, 5.74) is 0.310. The average Bonchev–Trinajstić information content (AvgIpc) is 2.15. The highest BCUT2D eigenvalue weighted by Crippen LogP contribution is 2.07. The maximum Gasteiger partial charge on any atom is 0.185 e. The summed E-state index contributed by atoms with van der Waals surface area (Å²) in [5.74, 6) is 4.72. The summed E-state index contributed by atoms with van der Waals surface area (Å²) in [6.07, 6.45) is 0.516. The van der Waals surface area contributed by atoms with Crippen molar-refractivity contribution in [2.24, 2.45) is 0 Å². The highest BCUT2D eigenvalue weighted by atomic mass is 32.2. The molecule has 1 rings (SSSR count). The van der Waals surface area contributed by atoms with E-state index in [1.165, 1.54) is 30.8 Å². The van der Waals surface area contributed by atoms with E-state index in [1.807, 2.05) is 0 Å². The predicted octanol–water partition coefficient (Wildman–Crippen LogP) is 2.99. The summed E-state index contributed by atoms with van der Waals surface area (Å²) in [6.45, 7) is 1.49. The largest absolute Gasteiger partial charge is 0.288 e. The molecule has 0 saturated heterocycles. The third-order valence-electron chi connectivity index (χ3n) is 1.63. The lowest BCUT2D eigenvalue weighted by atomic mass is 10.2. The quantitative estimate of drug-likeness (QED) is 0.584. The highest BCUT2D eigenvalue weighted by molar-refractivity contribution is 8.13. The van der Waals surface area contributed by atoms with E-state index in [0.717, 1.165) is 6.07 Å². The van der Waals surface area contributed by atoms with Gasteiger partial charge in [0.25, 0.3) is 0 Å². The van der Waals surface area contributed by atoms with Gasteiger partial charge in [0.1, 0.15) is 11.6 Å². The molecule has 0 radical (unpaired) electrons. The molecule has 1 aromatic rings. The van der Waals surface area contributed by atoms with Crippen molar-refractivity contribution in [1.29, 1.82) is 0 Å². The Morgan fingerprint density at radius 1 is 1.31 bits per heavy atom. The molecule has 0 heterocycles. The minimum atomic E-state index is -0.637. The van der Waals surface area contributed by atoms with Crippen LogP contribution in [0.15, 0.2) is 18.2 Å². The molecule has 0 saturated carbocycles. The van der Waals surface area contributed by atoms with Crippen LogP contribution in [0, 0.1) is 23.5 Å². The molecule has 0 atom stereocenters. The zero-order valence-corrected chi connectivity index (χ0v) is 9.54. The van der Waals surface area contributed by atoms with E-state index in [9.17, 15) is 13.6 Å². The van der Waals surface area contributed by atoms with Crippen molar-refractivity contribution in [1.82, 2.24) is 0 Å². The molecule has 1 aromatic carbocycles. The summed E-state index contributed by atoms with van der Waals surface area (Å²) in [6, 6.07) is 3.15. The first-order valence-corrected chi connectivity index (χ1v) is 5.65. The number of carbonyl (C=O) groups excluding carboxylic acids is 1. The van der Waals surface area contributed by atoms with Gasteiger partial charge in [-0.15, -0.1) is 0 Å². The second kappa shape index (κ2) is 6.29. The number of hydrogen-bond donors (Lipinski definition) is 0. The Kier molecular flexibility index (Phi) is 5.00. The van der Waals surface area contributed by atoms with Crippen LogP contribution in [-0.4, -0.2) is 10.9 Å². The molecule has 4 heteroatoms. The van der Waals surface area contributed by atoms with Crippen LogP contribution in [0.1, 0.15) is 18.9 Å². The monoisotopic (exact) mass is 240 g/mol. The van der Waals surface area contributed by atoms with Crippen LogP contribution in [0.5, 0.6) is 0 Å². The fourth-order valence-corrected chi connectivity index (χ4v) is 1.53. The molecule has 0 amide bonds. The molecule has 1 nitrogen and oxygen atoms in total. The molecule has 16 heavy (non-hydrogen) atoms. The van der Waals surface area contributed by atoms with Crippen LogP contribution in [0.4, 0.5) is 8.78 Å². The molecule has 84 valence electrons. The molecule has 0 unspecified atom stereocenters. The molecular formula is C12H10F2OS.